The number of benzene rings is 1. The van der Waals surface area contributed by atoms with Gasteiger partial charge in [-0.2, -0.15) is 5.10 Å². The minimum atomic E-state index is -2.65. The zero-order valence-electron chi connectivity index (χ0n) is 12.5. The molecule has 0 aliphatic carbocycles. The molecule has 3 aromatic rings. The average Bonchev–Trinajstić information content (AvgIpc) is 2.96. The summed E-state index contributed by atoms with van der Waals surface area (Å²) in [6.45, 7) is 6.30. The SMILES string of the molecule is CC(C)(C)c1cc2[nH]c(-c3ccc(N[SH](=O)=O)cc3)nn2n1. The number of nitrogens with one attached hydrogen (secondary N) is 2. The van der Waals surface area contributed by atoms with Crippen LogP contribution < -0.4 is 4.72 Å². The molecule has 0 spiro atoms. The summed E-state index contributed by atoms with van der Waals surface area (Å²) >= 11 is 0. The Hall–Kier alpha value is -2.35. The van der Waals surface area contributed by atoms with Gasteiger partial charge in [0.2, 0.25) is 10.9 Å². The monoisotopic (exact) mass is 319 g/mol. The second kappa shape index (κ2) is 5.13. The van der Waals surface area contributed by atoms with Crippen LogP contribution in [0.5, 0.6) is 0 Å². The van der Waals surface area contributed by atoms with Crippen molar-refractivity contribution in [2.24, 2.45) is 0 Å². The highest BCUT2D eigenvalue weighted by Gasteiger charge is 2.19. The number of aromatic amines is 1. The Morgan fingerprint density at radius 1 is 1.14 bits per heavy atom. The Labute approximate surface area is 129 Å². The lowest BCUT2D eigenvalue weighted by atomic mass is 9.93. The van der Waals surface area contributed by atoms with Gasteiger partial charge in [-0.1, -0.05) is 20.8 Å². The normalized spacial score (nSPS) is 12.2. The molecule has 2 aromatic heterocycles. The first-order valence-electron chi connectivity index (χ1n) is 6.81. The lowest BCUT2D eigenvalue weighted by Gasteiger charge is -2.13. The molecule has 0 saturated carbocycles. The van der Waals surface area contributed by atoms with E-state index in [1.807, 2.05) is 6.07 Å². The molecule has 3 rings (SSSR count). The summed E-state index contributed by atoms with van der Waals surface area (Å²) in [6, 6.07) is 8.95. The average molecular weight is 319 g/mol. The fraction of sp³-hybridized carbons (Fsp3) is 0.286. The largest absolute Gasteiger partial charge is 0.321 e. The Morgan fingerprint density at radius 3 is 2.36 bits per heavy atom. The Balaban J connectivity index is 1.92. The summed E-state index contributed by atoms with van der Waals surface area (Å²) in [5.41, 5.74) is 3.14. The molecular formula is C14H17N5O2S. The van der Waals surface area contributed by atoms with Crippen LogP contribution in [0.4, 0.5) is 5.69 Å². The van der Waals surface area contributed by atoms with Gasteiger partial charge in [0.25, 0.3) is 0 Å². The van der Waals surface area contributed by atoms with Gasteiger partial charge in [0.05, 0.1) is 5.69 Å². The summed E-state index contributed by atoms with van der Waals surface area (Å²) in [5, 5.41) is 8.89. The van der Waals surface area contributed by atoms with Gasteiger partial charge in [-0.05, 0) is 24.3 Å². The van der Waals surface area contributed by atoms with Gasteiger partial charge < -0.3 is 4.98 Å². The van der Waals surface area contributed by atoms with Gasteiger partial charge in [0.1, 0.15) is 0 Å². The van der Waals surface area contributed by atoms with Crippen molar-refractivity contribution >= 4 is 22.2 Å². The number of aromatic nitrogens is 4. The number of anilines is 1. The predicted octanol–water partition coefficient (Wildman–Crippen LogP) is 1.96. The highest BCUT2D eigenvalue weighted by molar-refractivity contribution is 7.73. The first-order valence-corrected chi connectivity index (χ1v) is 7.99. The van der Waals surface area contributed by atoms with Crippen molar-refractivity contribution in [1.82, 2.24) is 19.8 Å². The van der Waals surface area contributed by atoms with Crippen molar-refractivity contribution in [2.75, 3.05) is 4.72 Å². The minimum absolute atomic E-state index is 0.0307. The van der Waals surface area contributed by atoms with E-state index in [0.717, 1.165) is 16.9 Å². The second-order valence-corrected chi connectivity index (χ2v) is 6.81. The fourth-order valence-corrected chi connectivity index (χ4v) is 2.44. The van der Waals surface area contributed by atoms with Crippen LogP contribution in [0.25, 0.3) is 17.0 Å². The molecule has 0 unspecified atom stereocenters. The van der Waals surface area contributed by atoms with Gasteiger partial charge in [0.15, 0.2) is 11.5 Å². The van der Waals surface area contributed by atoms with Crippen molar-refractivity contribution in [3.8, 4) is 11.4 Å². The van der Waals surface area contributed by atoms with E-state index in [2.05, 4.69) is 40.7 Å². The molecule has 0 aliphatic heterocycles. The van der Waals surface area contributed by atoms with Crippen LogP contribution in [-0.2, 0) is 16.3 Å². The summed E-state index contributed by atoms with van der Waals surface area (Å²) < 4.78 is 25.1. The maximum absolute atomic E-state index is 10.6. The highest BCUT2D eigenvalue weighted by Crippen LogP contribution is 2.23. The van der Waals surface area contributed by atoms with Crippen molar-refractivity contribution < 1.29 is 8.42 Å². The van der Waals surface area contributed by atoms with Crippen molar-refractivity contribution in [3.63, 3.8) is 0 Å². The van der Waals surface area contributed by atoms with Crippen LogP contribution in [0, 0.1) is 0 Å². The minimum Gasteiger partial charge on any atom is -0.321 e. The third-order valence-electron chi connectivity index (χ3n) is 3.28. The fourth-order valence-electron chi connectivity index (χ4n) is 2.08. The van der Waals surface area contributed by atoms with E-state index in [-0.39, 0.29) is 5.41 Å². The zero-order chi connectivity index (χ0) is 15.9. The van der Waals surface area contributed by atoms with Crippen LogP contribution >= 0.6 is 0 Å². The molecule has 0 fully saturated rings. The maximum atomic E-state index is 10.6. The molecule has 0 aliphatic rings. The van der Waals surface area contributed by atoms with E-state index in [4.69, 9.17) is 0 Å². The van der Waals surface area contributed by atoms with E-state index >= 15 is 0 Å². The first kappa shape index (κ1) is 14.6. The van der Waals surface area contributed by atoms with Gasteiger partial charge in [0, 0.05) is 22.7 Å². The molecule has 2 heterocycles. The van der Waals surface area contributed by atoms with Crippen molar-refractivity contribution in [3.05, 3.63) is 36.0 Å². The molecular weight excluding hydrogens is 302 g/mol. The number of H-pyrrole nitrogens is 1. The predicted molar refractivity (Wildman–Crippen MR) is 85.4 cm³/mol. The summed E-state index contributed by atoms with van der Waals surface area (Å²) in [6.07, 6.45) is 0. The van der Waals surface area contributed by atoms with Gasteiger partial charge in [-0.25, -0.2) is 8.42 Å². The van der Waals surface area contributed by atoms with Crippen LogP contribution in [0.1, 0.15) is 26.5 Å². The van der Waals surface area contributed by atoms with E-state index in [0.29, 0.717) is 11.5 Å². The van der Waals surface area contributed by atoms with Gasteiger partial charge in [-0.3, -0.25) is 4.72 Å². The molecule has 2 N–H and O–H groups in total. The number of fused-ring (bicyclic) bond motifs is 1. The second-order valence-electron chi connectivity index (χ2n) is 6.07. The molecule has 7 nitrogen and oxygen atoms in total. The van der Waals surface area contributed by atoms with Crippen LogP contribution in [-0.4, -0.2) is 28.2 Å². The molecule has 0 saturated heterocycles. The number of hydrogen-bond acceptors (Lipinski definition) is 4. The molecule has 0 bridgehead atoms. The number of hydrogen-bond donors (Lipinski definition) is 3. The first-order chi connectivity index (χ1) is 10.3. The molecule has 1 aromatic carbocycles. The number of thiol groups is 1. The van der Waals surface area contributed by atoms with Gasteiger partial charge in [-0.15, -0.1) is 9.73 Å². The smallest absolute Gasteiger partial charge is 0.222 e. The Kier molecular flexibility index (Phi) is 3.40. The summed E-state index contributed by atoms with van der Waals surface area (Å²) in [4.78, 5) is 3.21. The van der Waals surface area contributed by atoms with E-state index in [1.165, 1.54) is 0 Å². The van der Waals surface area contributed by atoms with Gasteiger partial charge >= 0.3 is 0 Å². The van der Waals surface area contributed by atoms with Crippen LogP contribution in [0.15, 0.2) is 30.3 Å². The number of nitrogens with zero attached hydrogens (tertiary/aromatic N) is 3. The van der Waals surface area contributed by atoms with Crippen LogP contribution in [0.2, 0.25) is 0 Å². The Bertz CT molecular complexity index is 845. The molecule has 22 heavy (non-hydrogen) atoms. The third kappa shape index (κ3) is 2.82. The molecule has 0 amide bonds. The number of rotatable bonds is 3. The zero-order valence-corrected chi connectivity index (χ0v) is 13.4. The molecule has 8 heteroatoms. The van der Waals surface area contributed by atoms with E-state index in [1.54, 1.807) is 28.9 Å². The Morgan fingerprint density at radius 2 is 1.82 bits per heavy atom. The molecule has 116 valence electrons. The van der Waals surface area contributed by atoms with Crippen LogP contribution in [0.3, 0.4) is 0 Å². The van der Waals surface area contributed by atoms with E-state index < -0.39 is 10.9 Å². The lowest BCUT2D eigenvalue weighted by Crippen LogP contribution is -2.12. The van der Waals surface area contributed by atoms with Crippen molar-refractivity contribution in [2.45, 2.75) is 26.2 Å². The lowest BCUT2D eigenvalue weighted by molar-refractivity contribution is 0.557. The topological polar surface area (TPSA) is 92.1 Å². The molecule has 0 radical (unpaired) electrons. The van der Waals surface area contributed by atoms with Crippen molar-refractivity contribution in [1.29, 1.82) is 0 Å². The quantitative estimate of drug-likeness (QED) is 0.644. The third-order valence-corrected chi connectivity index (χ3v) is 3.72. The molecule has 0 atom stereocenters. The van der Waals surface area contributed by atoms with E-state index in [9.17, 15) is 8.42 Å². The maximum Gasteiger partial charge on any atom is 0.222 e. The standard InChI is InChI=1S/C14H17N5O2S/c1-14(2,3)11-8-12-15-13(17-19(12)16-11)9-4-6-10(7-5-9)18-22(20)21/h4-8,22H,1-3H3,(H,15,17)(H,18,20,21). The summed E-state index contributed by atoms with van der Waals surface area (Å²) in [7, 11) is -2.65. The highest BCUT2D eigenvalue weighted by atomic mass is 32.2. The summed E-state index contributed by atoms with van der Waals surface area (Å²) in [5.74, 6) is 0.682.